The van der Waals surface area contributed by atoms with Gasteiger partial charge in [-0.2, -0.15) is 0 Å². The molecule has 0 saturated heterocycles. The molecule has 2 aromatic rings. The number of amides is 2. The second-order valence-electron chi connectivity index (χ2n) is 5.63. The molecule has 24 heavy (non-hydrogen) atoms. The predicted octanol–water partition coefficient (Wildman–Crippen LogP) is 2.41. The van der Waals surface area contributed by atoms with Crippen LogP contribution in [-0.4, -0.2) is 17.9 Å². The Morgan fingerprint density at radius 2 is 1.46 bits per heavy atom. The van der Waals surface area contributed by atoms with Gasteiger partial charge in [-0.3, -0.25) is 9.59 Å². The summed E-state index contributed by atoms with van der Waals surface area (Å²) in [4.78, 5) is 23.8. The molecule has 0 unspecified atom stereocenters. The molecule has 2 amide bonds. The van der Waals surface area contributed by atoms with Gasteiger partial charge in [0.25, 0.3) is 0 Å². The van der Waals surface area contributed by atoms with Gasteiger partial charge >= 0.3 is 11.8 Å². The average Bonchev–Trinajstić information content (AvgIpc) is 2.59. The van der Waals surface area contributed by atoms with E-state index >= 15 is 0 Å². The van der Waals surface area contributed by atoms with E-state index in [1.54, 1.807) is 0 Å². The van der Waals surface area contributed by atoms with Gasteiger partial charge in [0, 0.05) is 18.7 Å². The number of carbonyl (C=O) groups is 2. The predicted molar refractivity (Wildman–Crippen MR) is 92.3 cm³/mol. The number of para-hydroxylation sites is 1. The molecule has 0 aliphatic carbocycles. The van der Waals surface area contributed by atoms with Gasteiger partial charge in [-0.25, -0.2) is 0 Å². The molecule has 0 aliphatic rings. The lowest BCUT2D eigenvalue weighted by Gasteiger charge is -2.14. The molecular weight excluding hydrogens is 304 g/mol. The summed E-state index contributed by atoms with van der Waals surface area (Å²) in [5, 5.41) is 5.22. The van der Waals surface area contributed by atoms with E-state index in [9.17, 15) is 9.59 Å². The van der Waals surface area contributed by atoms with E-state index < -0.39 is 11.8 Å². The zero-order valence-corrected chi connectivity index (χ0v) is 13.9. The summed E-state index contributed by atoms with van der Waals surface area (Å²) >= 11 is 0. The van der Waals surface area contributed by atoms with Crippen LogP contribution in [0.4, 0.5) is 0 Å². The Bertz CT molecular complexity index is 684. The van der Waals surface area contributed by atoms with E-state index in [0.717, 1.165) is 11.1 Å². The normalized spacial score (nSPS) is 10.3. The summed E-state index contributed by atoms with van der Waals surface area (Å²) in [6.45, 7) is 4.43. The van der Waals surface area contributed by atoms with Crippen LogP contribution in [0, 0.1) is 0 Å². The molecule has 2 aromatic carbocycles. The van der Waals surface area contributed by atoms with E-state index in [-0.39, 0.29) is 12.6 Å². The standard InChI is InChI=1S/C19H22N2O3/c1-14(2)24-17-11-7-6-10-16(17)13-21-19(23)18(22)20-12-15-8-4-3-5-9-15/h3-11,14H,12-13H2,1-2H3,(H,20,22)(H,21,23). The van der Waals surface area contributed by atoms with Crippen molar-refractivity contribution in [2.75, 3.05) is 0 Å². The van der Waals surface area contributed by atoms with Crippen LogP contribution in [0.3, 0.4) is 0 Å². The van der Waals surface area contributed by atoms with Crippen molar-refractivity contribution in [2.24, 2.45) is 0 Å². The maximum atomic E-state index is 11.9. The summed E-state index contributed by atoms with van der Waals surface area (Å²) in [7, 11) is 0. The van der Waals surface area contributed by atoms with Crippen molar-refractivity contribution >= 4 is 11.8 Å². The Balaban J connectivity index is 1.85. The van der Waals surface area contributed by atoms with E-state index in [4.69, 9.17) is 4.74 Å². The largest absolute Gasteiger partial charge is 0.491 e. The fraction of sp³-hybridized carbons (Fsp3) is 0.263. The van der Waals surface area contributed by atoms with Gasteiger partial charge in [0.1, 0.15) is 5.75 Å². The smallest absolute Gasteiger partial charge is 0.309 e. The summed E-state index contributed by atoms with van der Waals surface area (Å²) in [5.74, 6) is -0.608. The number of benzene rings is 2. The topological polar surface area (TPSA) is 67.4 Å². The van der Waals surface area contributed by atoms with Crippen molar-refractivity contribution in [3.8, 4) is 5.75 Å². The minimum Gasteiger partial charge on any atom is -0.491 e. The molecule has 0 bridgehead atoms. The van der Waals surface area contributed by atoms with Crippen molar-refractivity contribution in [1.29, 1.82) is 0 Å². The molecule has 0 aliphatic heterocycles. The summed E-state index contributed by atoms with van der Waals surface area (Å²) in [5.41, 5.74) is 1.77. The van der Waals surface area contributed by atoms with Crippen molar-refractivity contribution in [1.82, 2.24) is 10.6 Å². The minimum atomic E-state index is -0.662. The quantitative estimate of drug-likeness (QED) is 0.801. The van der Waals surface area contributed by atoms with Gasteiger partial charge < -0.3 is 15.4 Å². The third-order valence-corrected chi connectivity index (χ3v) is 3.28. The molecule has 126 valence electrons. The number of ether oxygens (including phenoxy) is 1. The molecule has 0 atom stereocenters. The van der Waals surface area contributed by atoms with Crippen LogP contribution >= 0.6 is 0 Å². The number of nitrogens with one attached hydrogen (secondary N) is 2. The van der Waals surface area contributed by atoms with Gasteiger partial charge in [0.05, 0.1) is 6.10 Å². The molecule has 0 spiro atoms. The van der Waals surface area contributed by atoms with E-state index in [2.05, 4.69) is 10.6 Å². The van der Waals surface area contributed by atoms with Gasteiger partial charge in [-0.15, -0.1) is 0 Å². The van der Waals surface area contributed by atoms with Crippen molar-refractivity contribution in [3.63, 3.8) is 0 Å². The highest BCUT2D eigenvalue weighted by Gasteiger charge is 2.14. The highest BCUT2D eigenvalue weighted by molar-refractivity contribution is 6.35. The first kappa shape index (κ1) is 17.5. The van der Waals surface area contributed by atoms with Crippen LogP contribution in [-0.2, 0) is 22.7 Å². The van der Waals surface area contributed by atoms with Crippen molar-refractivity contribution in [3.05, 3.63) is 65.7 Å². The van der Waals surface area contributed by atoms with Crippen molar-refractivity contribution in [2.45, 2.75) is 33.0 Å². The number of hydrogen-bond donors (Lipinski definition) is 2. The van der Waals surface area contributed by atoms with Gasteiger partial charge in [0.15, 0.2) is 0 Å². The highest BCUT2D eigenvalue weighted by atomic mass is 16.5. The third-order valence-electron chi connectivity index (χ3n) is 3.28. The zero-order valence-electron chi connectivity index (χ0n) is 13.9. The monoisotopic (exact) mass is 326 g/mol. The molecule has 5 nitrogen and oxygen atoms in total. The van der Waals surface area contributed by atoms with Gasteiger partial charge in [0.2, 0.25) is 0 Å². The van der Waals surface area contributed by atoms with E-state index in [0.29, 0.717) is 12.3 Å². The molecule has 0 fully saturated rings. The Hall–Kier alpha value is -2.82. The summed E-state index contributed by atoms with van der Waals surface area (Å²) in [6, 6.07) is 16.9. The molecule has 0 radical (unpaired) electrons. The van der Waals surface area contributed by atoms with Crippen LogP contribution < -0.4 is 15.4 Å². The third kappa shape index (κ3) is 5.43. The Kier molecular flexibility index (Phi) is 6.37. The zero-order chi connectivity index (χ0) is 17.4. The van der Waals surface area contributed by atoms with Crippen LogP contribution in [0.5, 0.6) is 5.75 Å². The molecule has 0 aromatic heterocycles. The molecular formula is C19H22N2O3. The molecule has 0 heterocycles. The first-order chi connectivity index (χ1) is 11.6. The summed E-state index contributed by atoms with van der Waals surface area (Å²) in [6.07, 6.45) is 0.0380. The molecule has 5 heteroatoms. The number of carbonyl (C=O) groups excluding carboxylic acids is 2. The van der Waals surface area contributed by atoms with Crippen LogP contribution in [0.25, 0.3) is 0 Å². The fourth-order valence-corrected chi connectivity index (χ4v) is 2.13. The second-order valence-corrected chi connectivity index (χ2v) is 5.63. The maximum absolute atomic E-state index is 11.9. The van der Waals surface area contributed by atoms with Gasteiger partial charge in [-0.1, -0.05) is 48.5 Å². The summed E-state index contributed by atoms with van der Waals surface area (Å²) < 4.78 is 5.69. The Morgan fingerprint density at radius 3 is 2.12 bits per heavy atom. The lowest BCUT2D eigenvalue weighted by Crippen LogP contribution is -2.39. The molecule has 2 rings (SSSR count). The average molecular weight is 326 g/mol. The lowest BCUT2D eigenvalue weighted by molar-refractivity contribution is -0.139. The number of hydrogen-bond acceptors (Lipinski definition) is 3. The van der Waals surface area contributed by atoms with Crippen LogP contribution in [0.1, 0.15) is 25.0 Å². The molecule has 0 saturated carbocycles. The van der Waals surface area contributed by atoms with E-state index in [1.165, 1.54) is 0 Å². The van der Waals surface area contributed by atoms with E-state index in [1.807, 2.05) is 68.4 Å². The number of rotatable bonds is 6. The Morgan fingerprint density at radius 1 is 0.875 bits per heavy atom. The lowest BCUT2D eigenvalue weighted by atomic mass is 10.2. The first-order valence-electron chi connectivity index (χ1n) is 7.91. The molecule has 2 N–H and O–H groups in total. The Labute approximate surface area is 142 Å². The fourth-order valence-electron chi connectivity index (χ4n) is 2.13. The van der Waals surface area contributed by atoms with Crippen molar-refractivity contribution < 1.29 is 14.3 Å². The SMILES string of the molecule is CC(C)Oc1ccccc1CNC(=O)C(=O)NCc1ccccc1. The van der Waals surface area contributed by atoms with Crippen LogP contribution in [0.15, 0.2) is 54.6 Å². The highest BCUT2D eigenvalue weighted by Crippen LogP contribution is 2.18. The van der Waals surface area contributed by atoms with Gasteiger partial charge in [-0.05, 0) is 25.5 Å². The first-order valence-corrected chi connectivity index (χ1v) is 7.91. The maximum Gasteiger partial charge on any atom is 0.309 e. The second kappa shape index (κ2) is 8.72. The minimum absolute atomic E-state index is 0.0380. The van der Waals surface area contributed by atoms with Crippen LogP contribution in [0.2, 0.25) is 0 Å².